The number of hydrogen-bond acceptors (Lipinski definition) is 5. The molecule has 0 unspecified atom stereocenters. The highest BCUT2D eigenvalue weighted by atomic mass is 32.2. The van der Waals surface area contributed by atoms with Crippen molar-refractivity contribution in [2.45, 2.75) is 24.9 Å². The summed E-state index contributed by atoms with van der Waals surface area (Å²) in [4.78, 5) is 0. The molecule has 2 rings (SSSR count). The van der Waals surface area contributed by atoms with Crippen molar-refractivity contribution in [3.05, 3.63) is 24.3 Å². The number of nitrogens with zero attached hydrogens (tertiary/aromatic N) is 2. The average Bonchev–Trinajstić information content (AvgIpc) is 2.84. The fraction of sp³-hybridized carbons (Fsp3) is 0.385. The minimum absolute atomic E-state index is 0.510. The molecule has 1 heterocycles. The van der Waals surface area contributed by atoms with E-state index in [1.54, 1.807) is 18.9 Å². The van der Waals surface area contributed by atoms with Crippen molar-refractivity contribution in [1.82, 2.24) is 10.2 Å². The number of hydrogen-bond donors (Lipinski definition) is 0. The number of thioether (sulfide) groups is 1. The molecule has 0 atom stereocenters. The molecule has 1 aromatic carbocycles. The van der Waals surface area contributed by atoms with Crippen molar-refractivity contribution in [1.29, 1.82) is 0 Å². The first-order valence-corrected chi connectivity index (χ1v) is 10.8. The Labute approximate surface area is 118 Å². The van der Waals surface area contributed by atoms with Crippen LogP contribution in [0.4, 0.5) is 0 Å². The van der Waals surface area contributed by atoms with Crippen molar-refractivity contribution in [3.63, 3.8) is 0 Å². The topological polar surface area (TPSA) is 48.2 Å². The molecule has 0 saturated carbocycles. The average molecular weight is 294 g/mol. The second-order valence-corrected chi connectivity index (χ2v) is 12.3. The number of ether oxygens (including phenoxy) is 1. The van der Waals surface area contributed by atoms with Gasteiger partial charge in [0.2, 0.25) is 0 Å². The van der Waals surface area contributed by atoms with Gasteiger partial charge in [0.1, 0.15) is 5.75 Å². The SMILES string of the molecule is COc1ccccc1-c1nnc(SC[Si](C)(C)C)o1. The highest BCUT2D eigenvalue weighted by molar-refractivity contribution is 8.00. The number of para-hydroxylation sites is 1. The predicted molar refractivity (Wildman–Crippen MR) is 80.4 cm³/mol. The van der Waals surface area contributed by atoms with Crippen LogP contribution in [-0.2, 0) is 0 Å². The second kappa shape index (κ2) is 5.79. The quantitative estimate of drug-likeness (QED) is 0.621. The highest BCUT2D eigenvalue weighted by Gasteiger charge is 2.17. The normalized spacial score (nSPS) is 11.6. The monoisotopic (exact) mass is 294 g/mol. The summed E-state index contributed by atoms with van der Waals surface area (Å²) in [6.45, 7) is 6.95. The molecule has 0 amide bonds. The first-order chi connectivity index (χ1) is 8.99. The molecular formula is C13H18N2O2SSi. The maximum atomic E-state index is 5.69. The predicted octanol–water partition coefficient (Wildman–Crippen LogP) is 3.71. The molecule has 0 radical (unpaired) electrons. The summed E-state index contributed by atoms with van der Waals surface area (Å²) >= 11 is 1.64. The Bertz CT molecular complexity index is 552. The van der Waals surface area contributed by atoms with E-state index < -0.39 is 8.07 Å². The van der Waals surface area contributed by atoms with Gasteiger partial charge < -0.3 is 9.15 Å². The summed E-state index contributed by atoms with van der Waals surface area (Å²) in [6, 6.07) is 7.64. The van der Waals surface area contributed by atoms with Crippen molar-refractivity contribution < 1.29 is 9.15 Å². The van der Waals surface area contributed by atoms with Gasteiger partial charge in [-0.25, -0.2) is 0 Å². The fourth-order valence-corrected chi connectivity index (χ4v) is 3.94. The second-order valence-electron chi connectivity index (χ2n) is 5.42. The number of rotatable bonds is 5. The van der Waals surface area contributed by atoms with Crippen LogP contribution in [0.3, 0.4) is 0 Å². The van der Waals surface area contributed by atoms with E-state index in [-0.39, 0.29) is 0 Å². The molecule has 0 aliphatic heterocycles. The Balaban J connectivity index is 2.17. The van der Waals surface area contributed by atoms with Crippen LogP contribution in [-0.4, -0.2) is 30.8 Å². The van der Waals surface area contributed by atoms with Gasteiger partial charge in [0.15, 0.2) is 0 Å². The minimum Gasteiger partial charge on any atom is -0.496 e. The van der Waals surface area contributed by atoms with Crippen LogP contribution < -0.4 is 4.74 Å². The molecule has 0 spiro atoms. The molecule has 0 aliphatic carbocycles. The zero-order valence-corrected chi connectivity index (χ0v) is 13.5. The largest absolute Gasteiger partial charge is 0.496 e. The van der Waals surface area contributed by atoms with Gasteiger partial charge in [0.25, 0.3) is 11.1 Å². The van der Waals surface area contributed by atoms with Crippen molar-refractivity contribution in [2.75, 3.05) is 12.5 Å². The number of benzene rings is 1. The Hall–Kier alpha value is -1.27. The highest BCUT2D eigenvalue weighted by Crippen LogP contribution is 2.30. The zero-order chi connectivity index (χ0) is 13.9. The van der Waals surface area contributed by atoms with Crippen LogP contribution in [0.25, 0.3) is 11.5 Å². The van der Waals surface area contributed by atoms with Gasteiger partial charge in [-0.2, -0.15) is 0 Å². The van der Waals surface area contributed by atoms with E-state index >= 15 is 0 Å². The van der Waals surface area contributed by atoms with Gasteiger partial charge in [-0.05, 0) is 17.5 Å². The molecule has 0 bridgehead atoms. The summed E-state index contributed by atoms with van der Waals surface area (Å²) < 4.78 is 11.0. The molecule has 0 N–H and O–H groups in total. The summed E-state index contributed by atoms with van der Waals surface area (Å²) in [5, 5.41) is 9.88. The first-order valence-electron chi connectivity index (χ1n) is 6.09. The number of methoxy groups -OCH3 is 1. The van der Waals surface area contributed by atoms with Gasteiger partial charge in [-0.15, -0.1) is 10.2 Å². The smallest absolute Gasteiger partial charge is 0.276 e. The van der Waals surface area contributed by atoms with Crippen LogP contribution >= 0.6 is 11.8 Å². The van der Waals surface area contributed by atoms with Crippen LogP contribution in [0.5, 0.6) is 5.75 Å². The summed E-state index contributed by atoms with van der Waals surface area (Å²) in [6.07, 6.45) is 0. The first kappa shape index (κ1) is 14.1. The Morgan fingerprint density at radius 1 is 1.21 bits per heavy atom. The summed E-state index contributed by atoms with van der Waals surface area (Å²) in [5.41, 5.74) is 0.831. The third-order valence-corrected chi connectivity index (χ3v) is 6.83. The number of aromatic nitrogens is 2. The fourth-order valence-electron chi connectivity index (χ4n) is 1.48. The van der Waals surface area contributed by atoms with Crippen LogP contribution in [0.15, 0.2) is 33.9 Å². The van der Waals surface area contributed by atoms with Gasteiger partial charge >= 0.3 is 0 Å². The van der Waals surface area contributed by atoms with Gasteiger partial charge in [-0.1, -0.05) is 43.5 Å². The molecule has 0 saturated heterocycles. The molecule has 1 aromatic heterocycles. The molecule has 19 heavy (non-hydrogen) atoms. The summed E-state index contributed by atoms with van der Waals surface area (Å²) in [5.74, 6) is 1.25. The van der Waals surface area contributed by atoms with Crippen LogP contribution in [0.2, 0.25) is 19.6 Å². The Morgan fingerprint density at radius 2 is 1.95 bits per heavy atom. The lowest BCUT2D eigenvalue weighted by molar-refractivity contribution is 0.411. The zero-order valence-electron chi connectivity index (χ0n) is 11.6. The van der Waals surface area contributed by atoms with Gasteiger partial charge in [0, 0.05) is 0 Å². The lowest BCUT2D eigenvalue weighted by Crippen LogP contribution is -2.23. The van der Waals surface area contributed by atoms with Crippen LogP contribution in [0.1, 0.15) is 0 Å². The van der Waals surface area contributed by atoms with Crippen molar-refractivity contribution in [2.24, 2.45) is 0 Å². The molecule has 0 aliphatic rings. The summed E-state index contributed by atoms with van der Waals surface area (Å²) in [7, 11) is 0.518. The lowest BCUT2D eigenvalue weighted by atomic mass is 10.2. The lowest BCUT2D eigenvalue weighted by Gasteiger charge is -2.12. The maximum Gasteiger partial charge on any atom is 0.276 e. The van der Waals surface area contributed by atoms with E-state index in [0.29, 0.717) is 11.1 Å². The third kappa shape index (κ3) is 3.84. The van der Waals surface area contributed by atoms with E-state index in [9.17, 15) is 0 Å². The van der Waals surface area contributed by atoms with Crippen LogP contribution in [0, 0.1) is 0 Å². The standard InChI is InChI=1S/C13H18N2O2SSi/c1-16-11-8-6-5-7-10(11)12-14-15-13(17-12)18-9-19(2,3)4/h5-8H,9H2,1-4H3. The Morgan fingerprint density at radius 3 is 2.63 bits per heavy atom. The van der Waals surface area contributed by atoms with E-state index in [1.165, 1.54) is 0 Å². The third-order valence-electron chi connectivity index (χ3n) is 2.37. The molecule has 2 aromatic rings. The molecule has 102 valence electrons. The molecular weight excluding hydrogens is 276 g/mol. The van der Waals surface area contributed by atoms with Crippen molar-refractivity contribution >= 4 is 19.8 Å². The van der Waals surface area contributed by atoms with E-state index in [1.807, 2.05) is 24.3 Å². The van der Waals surface area contributed by atoms with Gasteiger partial charge in [0.05, 0.1) is 20.7 Å². The van der Waals surface area contributed by atoms with E-state index in [2.05, 4.69) is 29.8 Å². The van der Waals surface area contributed by atoms with E-state index in [4.69, 9.17) is 9.15 Å². The van der Waals surface area contributed by atoms with Crippen molar-refractivity contribution in [3.8, 4) is 17.2 Å². The Kier molecular flexibility index (Phi) is 4.31. The van der Waals surface area contributed by atoms with Gasteiger partial charge in [-0.3, -0.25) is 0 Å². The maximum absolute atomic E-state index is 5.69. The molecule has 4 nitrogen and oxygen atoms in total. The molecule has 0 fully saturated rings. The van der Waals surface area contributed by atoms with E-state index in [0.717, 1.165) is 16.7 Å². The minimum atomic E-state index is -1.12. The molecule has 6 heteroatoms.